The molecule has 4 aromatic rings. The van der Waals surface area contributed by atoms with Gasteiger partial charge in [0.05, 0.1) is 12.4 Å². The highest BCUT2D eigenvalue weighted by atomic mass is 16.6. The number of benzene rings is 2. The Labute approximate surface area is 233 Å². The van der Waals surface area contributed by atoms with E-state index < -0.39 is 5.60 Å². The first-order valence-electron chi connectivity index (χ1n) is 13.3. The fourth-order valence-corrected chi connectivity index (χ4v) is 4.31. The van der Waals surface area contributed by atoms with Gasteiger partial charge in [-0.25, -0.2) is 14.8 Å². The molecule has 1 fully saturated rings. The number of ether oxygens (including phenoxy) is 3. The van der Waals surface area contributed by atoms with E-state index in [4.69, 9.17) is 18.7 Å². The SMILES string of the molecule is Cc1nc(-c2ncc(Oc3ccc([C@H](C)c4ccc(OC5CC(NC(=O)OC(C)(C)C)C5)cc4)cc3)cn2)no1. The average Bonchev–Trinajstić information content (AvgIpc) is 3.33. The predicted molar refractivity (Wildman–Crippen MR) is 147 cm³/mol. The Bertz CT molecular complexity index is 1420. The van der Waals surface area contributed by atoms with Gasteiger partial charge in [0.15, 0.2) is 5.75 Å². The summed E-state index contributed by atoms with van der Waals surface area (Å²) in [6.45, 7) is 9.43. The number of amides is 1. The van der Waals surface area contributed by atoms with Gasteiger partial charge < -0.3 is 24.1 Å². The molecule has 0 aliphatic heterocycles. The summed E-state index contributed by atoms with van der Waals surface area (Å²) in [7, 11) is 0. The molecule has 1 aliphatic rings. The maximum atomic E-state index is 11.9. The van der Waals surface area contributed by atoms with Gasteiger partial charge in [0.1, 0.15) is 23.2 Å². The standard InChI is InChI=1S/C30H33N5O5/c1-18(20-6-10-23(11-7-20)37-25-14-22(15-25)34-29(36)39-30(3,4)5)21-8-12-24(13-9-21)38-26-16-31-27(32-17-26)28-33-19(2)40-35-28/h6-13,16-18,22,25H,14-15H2,1-5H3,(H,34,36)/t18-,22?,25?/m1/s1. The van der Waals surface area contributed by atoms with Gasteiger partial charge in [-0.1, -0.05) is 36.3 Å². The molecular formula is C30H33N5O5. The average molecular weight is 544 g/mol. The van der Waals surface area contributed by atoms with Gasteiger partial charge in [0, 0.05) is 31.7 Å². The molecule has 1 N–H and O–H groups in total. The maximum Gasteiger partial charge on any atom is 0.407 e. The van der Waals surface area contributed by atoms with E-state index in [2.05, 4.69) is 44.5 Å². The van der Waals surface area contributed by atoms with E-state index in [-0.39, 0.29) is 24.2 Å². The quantitative estimate of drug-likeness (QED) is 0.276. The Hall–Kier alpha value is -4.47. The summed E-state index contributed by atoms with van der Waals surface area (Å²) in [5.41, 5.74) is 1.84. The number of aromatic nitrogens is 4. The summed E-state index contributed by atoms with van der Waals surface area (Å²) in [5, 5.41) is 6.71. The summed E-state index contributed by atoms with van der Waals surface area (Å²) in [6, 6.07) is 16.2. The van der Waals surface area contributed by atoms with Crippen LogP contribution in [0.3, 0.4) is 0 Å². The van der Waals surface area contributed by atoms with Crippen LogP contribution in [0.2, 0.25) is 0 Å². The van der Waals surface area contributed by atoms with Crippen molar-refractivity contribution in [3.05, 3.63) is 77.9 Å². The number of nitrogens with zero attached hydrogens (tertiary/aromatic N) is 4. The number of rotatable bonds is 8. The van der Waals surface area contributed by atoms with E-state index >= 15 is 0 Å². The van der Waals surface area contributed by atoms with Crippen LogP contribution in [0.4, 0.5) is 4.79 Å². The van der Waals surface area contributed by atoms with Crippen LogP contribution in [0.25, 0.3) is 11.6 Å². The third kappa shape index (κ3) is 6.93. The molecule has 40 heavy (non-hydrogen) atoms. The summed E-state index contributed by atoms with van der Waals surface area (Å²) in [4.78, 5) is 24.5. The fourth-order valence-electron chi connectivity index (χ4n) is 4.31. The van der Waals surface area contributed by atoms with Crippen LogP contribution in [0, 0.1) is 6.92 Å². The summed E-state index contributed by atoms with van der Waals surface area (Å²) >= 11 is 0. The minimum Gasteiger partial charge on any atom is -0.490 e. The monoisotopic (exact) mass is 543 g/mol. The second kappa shape index (κ2) is 11.3. The minimum atomic E-state index is -0.502. The molecule has 10 nitrogen and oxygen atoms in total. The lowest BCUT2D eigenvalue weighted by molar-refractivity contribution is 0.0363. The van der Waals surface area contributed by atoms with E-state index in [1.165, 1.54) is 5.56 Å². The van der Waals surface area contributed by atoms with Crippen molar-refractivity contribution in [1.29, 1.82) is 0 Å². The van der Waals surface area contributed by atoms with Crippen LogP contribution >= 0.6 is 0 Å². The van der Waals surface area contributed by atoms with E-state index in [1.54, 1.807) is 19.3 Å². The molecule has 1 atom stereocenters. The fraction of sp³-hybridized carbons (Fsp3) is 0.367. The third-order valence-electron chi connectivity index (χ3n) is 6.47. The molecule has 2 aromatic carbocycles. The molecule has 1 aliphatic carbocycles. The highest BCUT2D eigenvalue weighted by Crippen LogP contribution is 2.31. The molecule has 1 amide bonds. The second-order valence-corrected chi connectivity index (χ2v) is 10.9. The Morgan fingerprint density at radius 2 is 1.52 bits per heavy atom. The Balaban J connectivity index is 1.10. The van der Waals surface area contributed by atoms with Gasteiger partial charge in [0.2, 0.25) is 17.5 Å². The Morgan fingerprint density at radius 3 is 2.08 bits per heavy atom. The molecule has 0 unspecified atom stereocenters. The molecule has 208 valence electrons. The number of carbonyl (C=O) groups excluding carboxylic acids is 1. The molecule has 0 saturated heterocycles. The van der Waals surface area contributed by atoms with Crippen LogP contribution in [0.15, 0.2) is 65.4 Å². The van der Waals surface area contributed by atoms with Crippen molar-refractivity contribution >= 4 is 6.09 Å². The molecule has 10 heteroatoms. The number of alkyl carbamates (subject to hydrolysis) is 1. The highest BCUT2D eigenvalue weighted by Gasteiger charge is 2.33. The zero-order valence-electron chi connectivity index (χ0n) is 23.2. The number of carbonyl (C=O) groups is 1. The molecule has 0 bridgehead atoms. The Kier molecular flexibility index (Phi) is 7.68. The van der Waals surface area contributed by atoms with E-state index in [1.807, 2.05) is 57.2 Å². The van der Waals surface area contributed by atoms with Crippen molar-refractivity contribution in [1.82, 2.24) is 25.4 Å². The lowest BCUT2D eigenvalue weighted by Gasteiger charge is -2.36. The second-order valence-electron chi connectivity index (χ2n) is 10.9. The maximum absolute atomic E-state index is 11.9. The van der Waals surface area contributed by atoms with Crippen molar-refractivity contribution in [3.8, 4) is 28.9 Å². The third-order valence-corrected chi connectivity index (χ3v) is 6.47. The van der Waals surface area contributed by atoms with Crippen molar-refractivity contribution in [3.63, 3.8) is 0 Å². The minimum absolute atomic E-state index is 0.0824. The zero-order valence-corrected chi connectivity index (χ0v) is 23.2. The van der Waals surface area contributed by atoms with Crippen LogP contribution in [-0.4, -0.2) is 43.9 Å². The molecule has 1 saturated carbocycles. The molecular weight excluding hydrogens is 510 g/mol. The van der Waals surface area contributed by atoms with Crippen molar-refractivity contribution in [2.24, 2.45) is 0 Å². The molecule has 0 spiro atoms. The summed E-state index contributed by atoms with van der Waals surface area (Å²) in [5.74, 6) is 3.38. The van der Waals surface area contributed by atoms with Gasteiger partial charge >= 0.3 is 6.09 Å². The lowest BCUT2D eigenvalue weighted by Crippen LogP contribution is -2.50. The lowest BCUT2D eigenvalue weighted by atomic mass is 9.89. The van der Waals surface area contributed by atoms with Crippen molar-refractivity contribution in [2.45, 2.75) is 71.1 Å². The molecule has 2 heterocycles. The summed E-state index contributed by atoms with van der Waals surface area (Å²) in [6.07, 6.45) is 4.39. The first kappa shape index (κ1) is 27.1. The number of aryl methyl sites for hydroxylation is 1. The van der Waals surface area contributed by atoms with Gasteiger partial charge in [-0.05, 0) is 56.2 Å². The molecule has 5 rings (SSSR count). The highest BCUT2D eigenvalue weighted by molar-refractivity contribution is 5.68. The largest absolute Gasteiger partial charge is 0.490 e. The number of hydrogen-bond acceptors (Lipinski definition) is 9. The zero-order chi connectivity index (χ0) is 28.3. The number of nitrogens with one attached hydrogen (secondary N) is 1. The predicted octanol–water partition coefficient (Wildman–Crippen LogP) is 6.21. The topological polar surface area (TPSA) is 121 Å². The molecule has 0 radical (unpaired) electrons. The van der Waals surface area contributed by atoms with Crippen LogP contribution in [0.1, 0.15) is 63.5 Å². The number of hydrogen-bond donors (Lipinski definition) is 1. The van der Waals surface area contributed by atoms with E-state index in [9.17, 15) is 4.79 Å². The normalized spacial score (nSPS) is 17.4. The first-order valence-corrected chi connectivity index (χ1v) is 13.3. The van der Waals surface area contributed by atoms with E-state index in [0.717, 1.165) is 24.2 Å². The molecule has 2 aromatic heterocycles. The Morgan fingerprint density at radius 1 is 0.925 bits per heavy atom. The van der Waals surface area contributed by atoms with Crippen molar-refractivity contribution < 1.29 is 23.5 Å². The van der Waals surface area contributed by atoms with Gasteiger partial charge in [-0.3, -0.25) is 0 Å². The van der Waals surface area contributed by atoms with Crippen LogP contribution in [-0.2, 0) is 4.74 Å². The van der Waals surface area contributed by atoms with Crippen LogP contribution < -0.4 is 14.8 Å². The smallest absolute Gasteiger partial charge is 0.407 e. The van der Waals surface area contributed by atoms with Gasteiger partial charge in [0.25, 0.3) is 0 Å². The van der Waals surface area contributed by atoms with E-state index in [0.29, 0.717) is 29.0 Å². The van der Waals surface area contributed by atoms with Gasteiger partial charge in [-0.15, -0.1) is 0 Å². The van der Waals surface area contributed by atoms with Crippen molar-refractivity contribution in [2.75, 3.05) is 0 Å². The van der Waals surface area contributed by atoms with Gasteiger partial charge in [-0.2, -0.15) is 4.98 Å². The van der Waals surface area contributed by atoms with Crippen LogP contribution in [0.5, 0.6) is 17.2 Å². The summed E-state index contributed by atoms with van der Waals surface area (Å²) < 4.78 is 22.3. The first-order chi connectivity index (χ1) is 19.1.